The van der Waals surface area contributed by atoms with Crippen LogP contribution in [0.15, 0.2) is 41.5 Å². The van der Waals surface area contributed by atoms with Gasteiger partial charge >= 0.3 is 0 Å². The summed E-state index contributed by atoms with van der Waals surface area (Å²) < 4.78 is 5.08. The largest absolute Gasteiger partial charge is 0.385 e. The summed E-state index contributed by atoms with van der Waals surface area (Å²) in [5.74, 6) is 0.837. The van der Waals surface area contributed by atoms with Crippen LogP contribution in [0.4, 0.5) is 0 Å². The first kappa shape index (κ1) is 23.6. The molecule has 0 aliphatic carbocycles. The predicted octanol–water partition coefficient (Wildman–Crippen LogP) is 2.53. The number of benzene rings is 1. The van der Waals surface area contributed by atoms with E-state index in [0.29, 0.717) is 0 Å². The van der Waals surface area contributed by atoms with Gasteiger partial charge in [-0.25, -0.2) is 0 Å². The van der Waals surface area contributed by atoms with E-state index in [1.807, 2.05) is 12.3 Å². The number of likely N-dealkylation sites (N-methyl/N-ethyl adjacent to an activating group) is 1. The SMILES string of the molecule is CN=C(NCCc1cccc2cccnc12)NCCN(C)CCCOC.I. The highest BCUT2D eigenvalue weighted by Gasteiger charge is 2.03. The van der Waals surface area contributed by atoms with Crippen molar-refractivity contribution in [2.75, 3.05) is 54.0 Å². The third-order valence-electron chi connectivity index (χ3n) is 4.30. The van der Waals surface area contributed by atoms with E-state index < -0.39 is 0 Å². The van der Waals surface area contributed by atoms with Crippen LogP contribution in [0.3, 0.4) is 0 Å². The lowest BCUT2D eigenvalue weighted by Gasteiger charge is -2.18. The number of guanidine groups is 1. The zero-order chi connectivity index (χ0) is 18.6. The molecule has 1 heterocycles. The summed E-state index contributed by atoms with van der Waals surface area (Å²) in [6, 6.07) is 10.4. The number of ether oxygens (including phenoxy) is 1. The number of nitrogens with one attached hydrogen (secondary N) is 2. The summed E-state index contributed by atoms with van der Waals surface area (Å²) in [6.45, 7) is 4.50. The average molecular weight is 485 g/mol. The van der Waals surface area contributed by atoms with E-state index in [-0.39, 0.29) is 24.0 Å². The van der Waals surface area contributed by atoms with Gasteiger partial charge in [0, 0.05) is 58.5 Å². The highest BCUT2D eigenvalue weighted by atomic mass is 127. The number of aromatic nitrogens is 1. The highest BCUT2D eigenvalue weighted by molar-refractivity contribution is 14.0. The van der Waals surface area contributed by atoms with Crippen LogP contribution in [0.25, 0.3) is 10.9 Å². The Morgan fingerprint density at radius 2 is 1.93 bits per heavy atom. The number of nitrogens with zero attached hydrogens (tertiary/aromatic N) is 3. The third kappa shape index (κ3) is 8.40. The van der Waals surface area contributed by atoms with Crippen molar-refractivity contribution in [3.8, 4) is 0 Å². The lowest BCUT2D eigenvalue weighted by atomic mass is 10.1. The smallest absolute Gasteiger partial charge is 0.191 e. The molecule has 7 heteroatoms. The number of pyridine rings is 1. The molecule has 2 N–H and O–H groups in total. The van der Waals surface area contributed by atoms with Gasteiger partial charge < -0.3 is 20.3 Å². The van der Waals surface area contributed by atoms with Gasteiger partial charge in [-0.1, -0.05) is 24.3 Å². The molecule has 0 fully saturated rings. The molecular weight excluding hydrogens is 453 g/mol. The van der Waals surface area contributed by atoms with Crippen molar-refractivity contribution in [3.63, 3.8) is 0 Å². The fourth-order valence-electron chi connectivity index (χ4n) is 2.86. The van der Waals surface area contributed by atoms with Crippen molar-refractivity contribution in [2.24, 2.45) is 4.99 Å². The number of methoxy groups -OCH3 is 1. The Labute approximate surface area is 179 Å². The monoisotopic (exact) mass is 485 g/mol. The molecule has 2 rings (SSSR count). The molecule has 0 amide bonds. The summed E-state index contributed by atoms with van der Waals surface area (Å²) in [6.07, 6.45) is 3.81. The number of hydrogen-bond donors (Lipinski definition) is 2. The molecule has 0 aliphatic heterocycles. The second-order valence-electron chi connectivity index (χ2n) is 6.32. The van der Waals surface area contributed by atoms with Crippen molar-refractivity contribution in [1.82, 2.24) is 20.5 Å². The van der Waals surface area contributed by atoms with Crippen LogP contribution in [0.1, 0.15) is 12.0 Å². The molecule has 2 aromatic rings. The molecule has 0 spiro atoms. The van der Waals surface area contributed by atoms with E-state index in [9.17, 15) is 0 Å². The predicted molar refractivity (Wildman–Crippen MR) is 124 cm³/mol. The van der Waals surface area contributed by atoms with Gasteiger partial charge in [0.15, 0.2) is 5.96 Å². The minimum atomic E-state index is 0. The lowest BCUT2D eigenvalue weighted by molar-refractivity contribution is 0.180. The first-order valence-corrected chi connectivity index (χ1v) is 9.19. The van der Waals surface area contributed by atoms with Crippen LogP contribution in [0.2, 0.25) is 0 Å². The van der Waals surface area contributed by atoms with E-state index in [1.54, 1.807) is 14.2 Å². The van der Waals surface area contributed by atoms with Gasteiger partial charge in [-0.2, -0.15) is 0 Å². The Kier molecular flexibility index (Phi) is 12.0. The summed E-state index contributed by atoms with van der Waals surface area (Å²) in [4.78, 5) is 11.1. The van der Waals surface area contributed by atoms with Gasteiger partial charge in [-0.15, -0.1) is 24.0 Å². The van der Waals surface area contributed by atoms with Crippen molar-refractivity contribution < 1.29 is 4.74 Å². The zero-order valence-corrected chi connectivity index (χ0v) is 18.9. The summed E-state index contributed by atoms with van der Waals surface area (Å²) in [5.41, 5.74) is 2.33. The third-order valence-corrected chi connectivity index (χ3v) is 4.30. The first-order valence-electron chi connectivity index (χ1n) is 9.19. The normalized spacial score (nSPS) is 11.5. The fraction of sp³-hybridized carbons (Fsp3) is 0.500. The van der Waals surface area contributed by atoms with Crippen molar-refractivity contribution in [2.45, 2.75) is 12.8 Å². The Balaban J connectivity index is 0.00000364. The summed E-state index contributed by atoms with van der Waals surface area (Å²) in [7, 11) is 5.67. The summed E-state index contributed by atoms with van der Waals surface area (Å²) >= 11 is 0. The lowest BCUT2D eigenvalue weighted by Crippen LogP contribution is -2.41. The van der Waals surface area contributed by atoms with E-state index in [0.717, 1.165) is 57.1 Å². The quantitative estimate of drug-likeness (QED) is 0.235. The zero-order valence-electron chi connectivity index (χ0n) is 16.6. The van der Waals surface area contributed by atoms with Crippen LogP contribution < -0.4 is 10.6 Å². The highest BCUT2D eigenvalue weighted by Crippen LogP contribution is 2.15. The van der Waals surface area contributed by atoms with Crippen molar-refractivity contribution in [1.29, 1.82) is 0 Å². The second kappa shape index (κ2) is 13.7. The minimum absolute atomic E-state index is 0. The number of para-hydroxylation sites is 1. The molecule has 0 unspecified atom stereocenters. The van der Waals surface area contributed by atoms with Crippen LogP contribution in [0, 0.1) is 0 Å². The van der Waals surface area contributed by atoms with E-state index in [1.165, 1.54) is 10.9 Å². The topological polar surface area (TPSA) is 61.8 Å². The molecule has 1 aromatic carbocycles. The maximum atomic E-state index is 5.08. The maximum Gasteiger partial charge on any atom is 0.191 e. The molecule has 0 saturated heterocycles. The molecule has 6 nitrogen and oxygen atoms in total. The number of hydrogen-bond acceptors (Lipinski definition) is 4. The van der Waals surface area contributed by atoms with Crippen LogP contribution in [-0.4, -0.2) is 69.8 Å². The molecule has 0 saturated carbocycles. The van der Waals surface area contributed by atoms with Gasteiger partial charge in [-0.3, -0.25) is 9.98 Å². The minimum Gasteiger partial charge on any atom is -0.385 e. The van der Waals surface area contributed by atoms with Crippen LogP contribution in [-0.2, 0) is 11.2 Å². The van der Waals surface area contributed by atoms with Gasteiger partial charge in [0.1, 0.15) is 0 Å². The molecule has 0 bridgehead atoms. The Morgan fingerprint density at radius 3 is 2.70 bits per heavy atom. The van der Waals surface area contributed by atoms with E-state index >= 15 is 0 Å². The van der Waals surface area contributed by atoms with Gasteiger partial charge in [0.2, 0.25) is 0 Å². The maximum absolute atomic E-state index is 5.08. The molecule has 0 radical (unpaired) electrons. The molecule has 0 aliphatic rings. The number of halogens is 1. The molecule has 150 valence electrons. The molecule has 27 heavy (non-hydrogen) atoms. The molecular formula is C20H32IN5O. The Morgan fingerprint density at radius 1 is 1.15 bits per heavy atom. The van der Waals surface area contributed by atoms with Gasteiger partial charge in [-0.05, 0) is 31.5 Å². The number of fused-ring (bicyclic) bond motifs is 1. The van der Waals surface area contributed by atoms with Crippen molar-refractivity contribution in [3.05, 3.63) is 42.1 Å². The standard InChI is InChI=1S/C20H31N5O.HI/c1-21-20(24-13-15-25(2)14-6-16-26-3)23-12-10-18-8-4-7-17-9-5-11-22-19(17)18;/h4-5,7-9,11H,6,10,12-16H2,1-3H3,(H2,21,23,24);1H. The average Bonchev–Trinajstić information content (AvgIpc) is 2.67. The van der Waals surface area contributed by atoms with E-state index in [4.69, 9.17) is 4.74 Å². The summed E-state index contributed by atoms with van der Waals surface area (Å²) in [5, 5.41) is 7.93. The molecule has 1 aromatic heterocycles. The van der Waals surface area contributed by atoms with Crippen LogP contribution in [0.5, 0.6) is 0 Å². The van der Waals surface area contributed by atoms with E-state index in [2.05, 4.69) is 56.8 Å². The van der Waals surface area contributed by atoms with Crippen LogP contribution >= 0.6 is 24.0 Å². The first-order chi connectivity index (χ1) is 12.7. The number of aliphatic imine (C=N–C) groups is 1. The fourth-order valence-corrected chi connectivity index (χ4v) is 2.86. The van der Waals surface area contributed by atoms with Crippen molar-refractivity contribution >= 4 is 40.8 Å². The molecule has 0 atom stereocenters. The Hall–Kier alpha value is -1.45. The Bertz CT molecular complexity index is 690. The van der Waals surface area contributed by atoms with Gasteiger partial charge in [0.05, 0.1) is 5.52 Å². The second-order valence-corrected chi connectivity index (χ2v) is 6.32. The number of rotatable bonds is 10. The van der Waals surface area contributed by atoms with Gasteiger partial charge in [0.25, 0.3) is 0 Å².